The average Bonchev–Trinajstić information content (AvgIpc) is 2.38. The number of carboxylic acids is 1. The standard InChI is InChI=1S/C13H13BrN2O3/c1-3-9(4-2)15-13(19)16-11-6-5-8(12(17)18)7-10(11)14/h1,5-7,9H,4H2,2H3,(H,17,18)(H2,15,16,19). The number of urea groups is 1. The van der Waals surface area contributed by atoms with Gasteiger partial charge in [0.25, 0.3) is 0 Å². The Morgan fingerprint density at radius 3 is 2.68 bits per heavy atom. The third kappa shape index (κ3) is 4.30. The van der Waals surface area contributed by atoms with Crippen LogP contribution in [0, 0.1) is 12.3 Å². The third-order valence-electron chi connectivity index (χ3n) is 2.38. The molecule has 1 aromatic carbocycles. The monoisotopic (exact) mass is 324 g/mol. The molecule has 1 atom stereocenters. The topological polar surface area (TPSA) is 78.4 Å². The Morgan fingerprint density at radius 2 is 2.21 bits per heavy atom. The molecule has 0 aliphatic carbocycles. The van der Waals surface area contributed by atoms with Crippen LogP contribution in [0.25, 0.3) is 0 Å². The summed E-state index contributed by atoms with van der Waals surface area (Å²) in [6, 6.07) is 3.55. The van der Waals surface area contributed by atoms with Crippen molar-refractivity contribution in [3.63, 3.8) is 0 Å². The molecule has 0 aliphatic heterocycles. The maximum absolute atomic E-state index is 11.7. The summed E-state index contributed by atoms with van der Waals surface area (Å²) in [6.45, 7) is 1.86. The Bertz CT molecular complexity index is 537. The summed E-state index contributed by atoms with van der Waals surface area (Å²) < 4.78 is 0.483. The van der Waals surface area contributed by atoms with Crippen molar-refractivity contribution in [1.29, 1.82) is 0 Å². The number of terminal acetylenes is 1. The molecule has 0 spiro atoms. The lowest BCUT2D eigenvalue weighted by Gasteiger charge is -2.13. The molecule has 1 rings (SSSR count). The zero-order chi connectivity index (χ0) is 14.4. The van der Waals surface area contributed by atoms with E-state index >= 15 is 0 Å². The van der Waals surface area contributed by atoms with Crippen LogP contribution in [0.2, 0.25) is 0 Å². The van der Waals surface area contributed by atoms with Gasteiger partial charge in [-0.3, -0.25) is 0 Å². The van der Waals surface area contributed by atoms with E-state index in [0.717, 1.165) is 0 Å². The molecular formula is C13H13BrN2O3. The maximum atomic E-state index is 11.7. The summed E-state index contributed by atoms with van der Waals surface area (Å²) in [6.07, 6.45) is 5.87. The van der Waals surface area contributed by atoms with Gasteiger partial charge < -0.3 is 15.7 Å². The highest BCUT2D eigenvalue weighted by molar-refractivity contribution is 9.10. The quantitative estimate of drug-likeness (QED) is 0.745. The number of benzene rings is 1. The van der Waals surface area contributed by atoms with Crippen LogP contribution in [0.4, 0.5) is 10.5 Å². The summed E-state index contributed by atoms with van der Waals surface area (Å²) in [7, 11) is 0. The highest BCUT2D eigenvalue weighted by Gasteiger charge is 2.11. The fraction of sp³-hybridized carbons (Fsp3) is 0.231. The van der Waals surface area contributed by atoms with E-state index in [-0.39, 0.29) is 11.6 Å². The lowest BCUT2D eigenvalue weighted by atomic mass is 10.2. The van der Waals surface area contributed by atoms with Crippen LogP contribution in [0.15, 0.2) is 22.7 Å². The van der Waals surface area contributed by atoms with E-state index < -0.39 is 12.0 Å². The Balaban J connectivity index is 2.75. The molecule has 1 aromatic rings. The summed E-state index contributed by atoms with van der Waals surface area (Å²) >= 11 is 3.20. The number of nitrogens with one attached hydrogen (secondary N) is 2. The molecule has 100 valence electrons. The average molecular weight is 325 g/mol. The minimum atomic E-state index is -1.03. The molecule has 1 unspecified atom stereocenters. The molecule has 0 saturated carbocycles. The van der Waals surface area contributed by atoms with Crippen molar-refractivity contribution >= 4 is 33.6 Å². The first-order chi connectivity index (χ1) is 8.97. The highest BCUT2D eigenvalue weighted by atomic mass is 79.9. The van der Waals surface area contributed by atoms with E-state index in [0.29, 0.717) is 16.6 Å². The Kier molecular flexibility index (Phi) is 5.39. The number of hydrogen-bond acceptors (Lipinski definition) is 2. The number of halogens is 1. The number of amides is 2. The number of carboxylic acid groups (broad SMARTS) is 1. The van der Waals surface area contributed by atoms with Gasteiger partial charge in [0.1, 0.15) is 0 Å². The van der Waals surface area contributed by atoms with Crippen molar-refractivity contribution in [3.8, 4) is 12.3 Å². The van der Waals surface area contributed by atoms with Crippen molar-refractivity contribution in [2.24, 2.45) is 0 Å². The molecule has 0 aliphatic rings. The van der Waals surface area contributed by atoms with Crippen molar-refractivity contribution in [2.75, 3.05) is 5.32 Å². The molecule has 0 heterocycles. The van der Waals surface area contributed by atoms with Gasteiger partial charge in [0.15, 0.2) is 0 Å². The van der Waals surface area contributed by atoms with E-state index in [1.54, 1.807) is 0 Å². The molecular weight excluding hydrogens is 312 g/mol. The molecule has 0 aromatic heterocycles. The van der Waals surface area contributed by atoms with Crippen molar-refractivity contribution in [2.45, 2.75) is 19.4 Å². The van der Waals surface area contributed by atoms with Crippen molar-refractivity contribution in [1.82, 2.24) is 5.32 Å². The van der Waals surface area contributed by atoms with E-state index in [1.807, 2.05) is 6.92 Å². The Hall–Kier alpha value is -2.00. The van der Waals surface area contributed by atoms with Crippen LogP contribution in [-0.4, -0.2) is 23.1 Å². The molecule has 0 radical (unpaired) electrons. The summed E-state index contributed by atoms with van der Waals surface area (Å²) in [5.41, 5.74) is 0.599. The molecule has 6 heteroatoms. The third-order valence-corrected chi connectivity index (χ3v) is 3.04. The summed E-state index contributed by atoms with van der Waals surface area (Å²) in [4.78, 5) is 22.4. The van der Waals surface area contributed by atoms with Gasteiger partial charge in [-0.15, -0.1) is 6.42 Å². The van der Waals surface area contributed by atoms with Crippen molar-refractivity contribution < 1.29 is 14.7 Å². The number of rotatable bonds is 4. The predicted molar refractivity (Wildman–Crippen MR) is 76.2 cm³/mol. The van der Waals surface area contributed by atoms with Crippen molar-refractivity contribution in [3.05, 3.63) is 28.2 Å². The number of aromatic carboxylic acids is 1. The van der Waals surface area contributed by atoms with Gasteiger partial charge in [-0.25, -0.2) is 9.59 Å². The summed E-state index contributed by atoms with van der Waals surface area (Å²) in [5.74, 6) is 1.41. The molecule has 3 N–H and O–H groups in total. The van der Waals surface area contributed by atoms with Crippen LogP contribution < -0.4 is 10.6 Å². The lowest BCUT2D eigenvalue weighted by Crippen LogP contribution is -2.36. The van der Waals surface area contributed by atoms with Crippen LogP contribution in [0.3, 0.4) is 0 Å². The number of carbonyl (C=O) groups is 2. The second-order valence-corrected chi connectivity index (χ2v) is 4.58. The van der Waals surface area contributed by atoms with Crippen LogP contribution in [0.5, 0.6) is 0 Å². The van der Waals surface area contributed by atoms with E-state index in [2.05, 4.69) is 32.5 Å². The zero-order valence-corrected chi connectivity index (χ0v) is 11.8. The van der Waals surface area contributed by atoms with Crippen LogP contribution in [0.1, 0.15) is 23.7 Å². The molecule has 0 saturated heterocycles. The molecule has 0 bridgehead atoms. The number of carbonyl (C=O) groups excluding carboxylic acids is 1. The molecule has 0 fully saturated rings. The van der Waals surface area contributed by atoms with Crippen LogP contribution >= 0.6 is 15.9 Å². The first kappa shape index (κ1) is 15.1. The smallest absolute Gasteiger partial charge is 0.335 e. The Morgan fingerprint density at radius 1 is 1.53 bits per heavy atom. The van der Waals surface area contributed by atoms with Gasteiger partial charge in [0, 0.05) is 4.47 Å². The highest BCUT2D eigenvalue weighted by Crippen LogP contribution is 2.23. The van der Waals surface area contributed by atoms with Gasteiger partial charge in [-0.2, -0.15) is 0 Å². The minimum absolute atomic E-state index is 0.132. The van der Waals surface area contributed by atoms with Gasteiger partial charge in [0.2, 0.25) is 0 Å². The first-order valence-corrected chi connectivity index (χ1v) is 6.33. The summed E-state index contributed by atoms with van der Waals surface area (Å²) in [5, 5.41) is 14.0. The van der Waals surface area contributed by atoms with E-state index in [1.165, 1.54) is 18.2 Å². The van der Waals surface area contributed by atoms with E-state index in [9.17, 15) is 9.59 Å². The van der Waals surface area contributed by atoms with E-state index in [4.69, 9.17) is 11.5 Å². The zero-order valence-electron chi connectivity index (χ0n) is 10.2. The second kappa shape index (κ2) is 6.81. The lowest BCUT2D eigenvalue weighted by molar-refractivity contribution is 0.0697. The van der Waals surface area contributed by atoms with Gasteiger partial charge in [0.05, 0.1) is 17.3 Å². The van der Waals surface area contributed by atoms with Gasteiger partial charge >= 0.3 is 12.0 Å². The molecule has 5 nitrogen and oxygen atoms in total. The largest absolute Gasteiger partial charge is 0.478 e. The fourth-order valence-electron chi connectivity index (χ4n) is 1.33. The number of hydrogen-bond donors (Lipinski definition) is 3. The predicted octanol–water partition coefficient (Wildman–Crippen LogP) is 2.68. The second-order valence-electron chi connectivity index (χ2n) is 3.73. The number of anilines is 1. The normalized spacial score (nSPS) is 11.2. The Labute approximate surface area is 119 Å². The SMILES string of the molecule is C#CC(CC)NC(=O)Nc1ccc(C(=O)O)cc1Br. The fourth-order valence-corrected chi connectivity index (χ4v) is 1.81. The van der Waals surface area contributed by atoms with Crippen LogP contribution in [-0.2, 0) is 0 Å². The van der Waals surface area contributed by atoms with Gasteiger partial charge in [-0.05, 0) is 40.5 Å². The minimum Gasteiger partial charge on any atom is -0.478 e. The maximum Gasteiger partial charge on any atom is 0.335 e. The molecule has 19 heavy (non-hydrogen) atoms. The first-order valence-electron chi connectivity index (χ1n) is 5.54. The molecule has 2 amide bonds. The van der Waals surface area contributed by atoms with Gasteiger partial charge in [-0.1, -0.05) is 12.8 Å².